The summed E-state index contributed by atoms with van der Waals surface area (Å²) >= 11 is 0. The number of rotatable bonds is 3. The highest BCUT2D eigenvalue weighted by atomic mass is 16.2. The number of nitrogens with one attached hydrogen (secondary N) is 1. The number of hydrogen-bond acceptors (Lipinski definition) is 2. The average Bonchev–Trinajstić information content (AvgIpc) is 3.24. The lowest BCUT2D eigenvalue weighted by Gasteiger charge is -2.36. The molecule has 0 unspecified atom stereocenters. The van der Waals surface area contributed by atoms with Crippen LogP contribution in [-0.2, 0) is 13.1 Å². The number of likely N-dealkylation sites (tertiary alicyclic amines) is 1. The van der Waals surface area contributed by atoms with E-state index in [1.54, 1.807) is 0 Å². The Morgan fingerprint density at radius 3 is 2.62 bits per heavy atom. The van der Waals surface area contributed by atoms with Crippen molar-refractivity contribution in [1.82, 2.24) is 14.8 Å². The summed E-state index contributed by atoms with van der Waals surface area (Å²) in [5.74, 6) is 0.218. The number of piperidine rings is 1. The fourth-order valence-corrected chi connectivity index (χ4v) is 4.46. The molecular formula is C22H23N3O. The summed E-state index contributed by atoms with van der Waals surface area (Å²) in [7, 11) is 0. The molecular weight excluding hydrogens is 322 g/mol. The third kappa shape index (κ3) is 2.61. The van der Waals surface area contributed by atoms with Gasteiger partial charge in [0.05, 0.1) is 0 Å². The van der Waals surface area contributed by atoms with Crippen molar-refractivity contribution in [2.45, 2.75) is 32.0 Å². The Bertz CT molecular complexity index is 953. The summed E-state index contributed by atoms with van der Waals surface area (Å²) in [6, 6.07) is 16.9. The fourth-order valence-electron chi connectivity index (χ4n) is 4.46. The highest BCUT2D eigenvalue weighted by Crippen LogP contribution is 2.29. The molecule has 0 aliphatic carbocycles. The van der Waals surface area contributed by atoms with E-state index >= 15 is 0 Å². The van der Waals surface area contributed by atoms with Crippen LogP contribution in [-0.4, -0.2) is 39.8 Å². The molecule has 2 aliphatic rings. The molecule has 4 heteroatoms. The molecule has 1 aromatic heterocycles. The summed E-state index contributed by atoms with van der Waals surface area (Å²) in [6.45, 7) is 3.85. The largest absolute Gasteiger partial charge is 0.361 e. The Labute approximate surface area is 153 Å². The summed E-state index contributed by atoms with van der Waals surface area (Å²) in [6.07, 6.45) is 4.25. The molecule has 0 bridgehead atoms. The molecule has 0 atom stereocenters. The van der Waals surface area contributed by atoms with Crippen molar-refractivity contribution in [3.63, 3.8) is 0 Å². The van der Waals surface area contributed by atoms with E-state index in [9.17, 15) is 4.79 Å². The maximum absolute atomic E-state index is 12.7. The standard InChI is InChI=1S/C22H23N3O/c26-22-20-7-2-1-5-16(20)15-25(22)18-9-11-24(12-10-18)14-17-13-23-21-8-4-3-6-19(17)21/h1-8,13,18,23H,9-12,14-15H2. The Morgan fingerprint density at radius 1 is 1.00 bits per heavy atom. The van der Waals surface area contributed by atoms with Crippen molar-refractivity contribution >= 4 is 16.8 Å². The minimum absolute atomic E-state index is 0.218. The van der Waals surface area contributed by atoms with Crippen molar-refractivity contribution in [2.75, 3.05) is 13.1 Å². The molecule has 3 aromatic rings. The van der Waals surface area contributed by atoms with Gasteiger partial charge in [-0.05, 0) is 36.1 Å². The SMILES string of the molecule is O=C1c2ccccc2CN1C1CCN(Cc2c[nH]c3ccccc23)CC1. The van der Waals surface area contributed by atoms with Gasteiger partial charge in [-0.25, -0.2) is 0 Å². The van der Waals surface area contributed by atoms with E-state index < -0.39 is 0 Å². The zero-order chi connectivity index (χ0) is 17.5. The van der Waals surface area contributed by atoms with Gasteiger partial charge in [0.25, 0.3) is 5.91 Å². The highest BCUT2D eigenvalue weighted by molar-refractivity contribution is 5.98. The molecule has 5 rings (SSSR count). The molecule has 2 aliphatic heterocycles. The molecule has 1 fully saturated rings. The second kappa shape index (κ2) is 6.29. The highest BCUT2D eigenvalue weighted by Gasteiger charge is 2.34. The summed E-state index contributed by atoms with van der Waals surface area (Å²) in [4.78, 5) is 20.7. The lowest BCUT2D eigenvalue weighted by Crippen LogP contribution is -2.44. The fraction of sp³-hybridized carbons (Fsp3) is 0.318. The van der Waals surface area contributed by atoms with Crippen LogP contribution < -0.4 is 0 Å². The number of para-hydroxylation sites is 1. The van der Waals surface area contributed by atoms with Crippen LogP contribution in [0.25, 0.3) is 10.9 Å². The van der Waals surface area contributed by atoms with Crippen LogP contribution in [0, 0.1) is 0 Å². The molecule has 2 aromatic carbocycles. The van der Waals surface area contributed by atoms with Crippen molar-refractivity contribution in [3.05, 3.63) is 71.4 Å². The van der Waals surface area contributed by atoms with Crippen LogP contribution in [0.1, 0.15) is 34.3 Å². The molecule has 1 saturated heterocycles. The first-order valence-electron chi connectivity index (χ1n) is 9.46. The number of nitrogens with zero attached hydrogens (tertiary/aromatic N) is 2. The van der Waals surface area contributed by atoms with Gasteiger partial charge >= 0.3 is 0 Å². The molecule has 132 valence electrons. The minimum Gasteiger partial charge on any atom is -0.361 e. The van der Waals surface area contributed by atoms with Gasteiger partial charge in [0.15, 0.2) is 0 Å². The van der Waals surface area contributed by atoms with Crippen molar-refractivity contribution in [3.8, 4) is 0 Å². The Kier molecular flexibility index (Phi) is 3.79. The van der Waals surface area contributed by atoms with Crippen molar-refractivity contribution in [1.29, 1.82) is 0 Å². The van der Waals surface area contributed by atoms with Crippen LogP contribution >= 0.6 is 0 Å². The van der Waals surface area contributed by atoms with Crippen molar-refractivity contribution in [2.24, 2.45) is 0 Å². The van der Waals surface area contributed by atoms with E-state index in [0.29, 0.717) is 6.04 Å². The van der Waals surface area contributed by atoms with Crippen molar-refractivity contribution < 1.29 is 4.79 Å². The Balaban J connectivity index is 1.24. The van der Waals surface area contributed by atoms with Gasteiger partial charge in [0.1, 0.15) is 0 Å². The van der Waals surface area contributed by atoms with Gasteiger partial charge in [-0.2, -0.15) is 0 Å². The van der Waals surface area contributed by atoms with Crippen LogP contribution in [0.3, 0.4) is 0 Å². The summed E-state index contributed by atoms with van der Waals surface area (Å²) < 4.78 is 0. The number of H-pyrrole nitrogens is 1. The molecule has 26 heavy (non-hydrogen) atoms. The van der Waals surface area contributed by atoms with Gasteiger partial charge in [0, 0.05) is 54.9 Å². The number of carbonyl (C=O) groups is 1. The lowest BCUT2D eigenvalue weighted by atomic mass is 10.0. The van der Waals surface area contributed by atoms with Gasteiger partial charge in [-0.15, -0.1) is 0 Å². The third-order valence-electron chi connectivity index (χ3n) is 5.92. The second-order valence-electron chi connectivity index (χ2n) is 7.46. The van der Waals surface area contributed by atoms with Gasteiger partial charge < -0.3 is 9.88 Å². The molecule has 0 radical (unpaired) electrons. The predicted molar refractivity (Wildman–Crippen MR) is 103 cm³/mol. The molecule has 0 spiro atoms. The Morgan fingerprint density at radius 2 is 1.77 bits per heavy atom. The zero-order valence-corrected chi connectivity index (χ0v) is 14.8. The summed E-state index contributed by atoms with van der Waals surface area (Å²) in [5.41, 5.74) is 4.65. The molecule has 0 saturated carbocycles. The number of amides is 1. The van der Waals surface area contributed by atoms with E-state index in [4.69, 9.17) is 0 Å². The third-order valence-corrected chi connectivity index (χ3v) is 5.92. The number of carbonyl (C=O) groups excluding carboxylic acids is 1. The van der Waals surface area contributed by atoms with Gasteiger partial charge in [-0.3, -0.25) is 9.69 Å². The quantitative estimate of drug-likeness (QED) is 0.784. The first-order valence-corrected chi connectivity index (χ1v) is 9.46. The molecule has 1 amide bonds. The maximum Gasteiger partial charge on any atom is 0.254 e. The normalized spacial score (nSPS) is 18.6. The first kappa shape index (κ1) is 15.6. The van der Waals surface area contributed by atoms with E-state index in [-0.39, 0.29) is 5.91 Å². The number of aromatic amines is 1. The first-order chi connectivity index (χ1) is 12.8. The maximum atomic E-state index is 12.7. The van der Waals surface area contributed by atoms with Gasteiger partial charge in [-0.1, -0.05) is 36.4 Å². The molecule has 3 heterocycles. The van der Waals surface area contributed by atoms with E-state index in [1.165, 1.54) is 22.0 Å². The minimum atomic E-state index is 0.218. The van der Waals surface area contributed by atoms with Crippen LogP contribution in [0.5, 0.6) is 0 Å². The van der Waals surface area contributed by atoms with Crippen LogP contribution in [0.2, 0.25) is 0 Å². The monoisotopic (exact) mass is 345 g/mol. The smallest absolute Gasteiger partial charge is 0.254 e. The summed E-state index contributed by atoms with van der Waals surface area (Å²) in [5, 5.41) is 1.32. The van der Waals surface area contributed by atoms with Crippen LogP contribution in [0.4, 0.5) is 0 Å². The number of aromatic nitrogens is 1. The molecule has 4 nitrogen and oxygen atoms in total. The zero-order valence-electron chi connectivity index (χ0n) is 14.8. The average molecular weight is 345 g/mol. The number of fused-ring (bicyclic) bond motifs is 2. The van der Waals surface area contributed by atoms with Crippen LogP contribution in [0.15, 0.2) is 54.7 Å². The van der Waals surface area contributed by atoms with Gasteiger partial charge in [0.2, 0.25) is 0 Å². The molecule has 1 N–H and O–H groups in total. The number of hydrogen-bond donors (Lipinski definition) is 1. The topological polar surface area (TPSA) is 39.3 Å². The Hall–Kier alpha value is -2.59. The predicted octanol–water partition coefficient (Wildman–Crippen LogP) is 3.79. The van der Waals surface area contributed by atoms with E-state index in [0.717, 1.165) is 44.6 Å². The lowest BCUT2D eigenvalue weighted by molar-refractivity contribution is 0.0590. The van der Waals surface area contributed by atoms with E-state index in [2.05, 4.69) is 51.3 Å². The number of benzene rings is 2. The van der Waals surface area contributed by atoms with E-state index in [1.807, 2.05) is 18.2 Å². The second-order valence-corrected chi connectivity index (χ2v) is 7.46.